The van der Waals surface area contributed by atoms with E-state index in [0.717, 1.165) is 10.7 Å². The molecule has 2 N–H and O–H groups in total. The Morgan fingerprint density at radius 2 is 2.21 bits per heavy atom. The molecule has 6 heteroatoms. The van der Waals surface area contributed by atoms with Gasteiger partial charge in [0.1, 0.15) is 0 Å². The molecule has 0 saturated heterocycles. The number of aromatic nitrogens is 2. The molecular formula is C13H20N2O3S. The van der Waals surface area contributed by atoms with Gasteiger partial charge in [-0.1, -0.05) is 0 Å². The Morgan fingerprint density at radius 3 is 2.68 bits per heavy atom. The number of carbonyl (C=O) groups is 1. The number of nitrogens with zero attached hydrogens (tertiary/aromatic N) is 2. The van der Waals surface area contributed by atoms with Crippen LogP contribution < -0.4 is 0 Å². The molecular weight excluding hydrogens is 264 g/mol. The van der Waals surface area contributed by atoms with Crippen molar-refractivity contribution in [3.63, 3.8) is 0 Å². The van der Waals surface area contributed by atoms with Gasteiger partial charge in [0, 0.05) is 12.8 Å². The summed E-state index contributed by atoms with van der Waals surface area (Å²) in [6, 6.07) is 2.00. The minimum Gasteiger partial charge on any atom is -0.481 e. The molecule has 5 nitrogen and oxygen atoms in total. The van der Waals surface area contributed by atoms with E-state index in [2.05, 4.69) is 5.10 Å². The molecule has 19 heavy (non-hydrogen) atoms. The monoisotopic (exact) mass is 284 g/mol. The molecule has 1 aliphatic carbocycles. The van der Waals surface area contributed by atoms with Crippen molar-refractivity contribution >= 4 is 17.7 Å². The van der Waals surface area contributed by atoms with Crippen LogP contribution in [0.3, 0.4) is 0 Å². The van der Waals surface area contributed by atoms with Crippen molar-refractivity contribution in [3.05, 3.63) is 11.8 Å². The molecule has 2 rings (SSSR count). The average molecular weight is 284 g/mol. The third-order valence-electron chi connectivity index (χ3n) is 3.71. The summed E-state index contributed by atoms with van der Waals surface area (Å²) in [5.41, 5.74) is 0.223. The highest BCUT2D eigenvalue weighted by Crippen LogP contribution is 2.36. The molecule has 1 saturated carbocycles. The molecule has 1 fully saturated rings. The second-order valence-electron chi connectivity index (χ2n) is 5.37. The van der Waals surface area contributed by atoms with Crippen molar-refractivity contribution in [2.75, 3.05) is 5.75 Å². The molecule has 1 aliphatic rings. The lowest BCUT2D eigenvalue weighted by Gasteiger charge is -2.34. The Bertz CT molecular complexity index is 464. The van der Waals surface area contributed by atoms with Crippen LogP contribution in [-0.4, -0.2) is 37.3 Å². The molecule has 1 aromatic rings. The number of aliphatic carboxylic acids is 1. The van der Waals surface area contributed by atoms with Gasteiger partial charge >= 0.3 is 5.97 Å². The maximum absolute atomic E-state index is 10.9. The van der Waals surface area contributed by atoms with E-state index in [1.54, 1.807) is 11.8 Å². The predicted octanol–water partition coefficient (Wildman–Crippen LogP) is 1.83. The number of thioether (sulfide) groups is 1. The van der Waals surface area contributed by atoms with E-state index in [-0.39, 0.29) is 5.92 Å². The molecule has 0 spiro atoms. The average Bonchev–Trinajstić information content (AvgIpc) is 2.66. The van der Waals surface area contributed by atoms with E-state index >= 15 is 0 Å². The van der Waals surface area contributed by atoms with E-state index in [0.29, 0.717) is 31.4 Å². The summed E-state index contributed by atoms with van der Waals surface area (Å²) in [5, 5.41) is 24.7. The van der Waals surface area contributed by atoms with Gasteiger partial charge in [0.2, 0.25) is 0 Å². The van der Waals surface area contributed by atoms with Gasteiger partial charge in [-0.25, -0.2) is 0 Å². The van der Waals surface area contributed by atoms with Crippen molar-refractivity contribution in [1.29, 1.82) is 0 Å². The van der Waals surface area contributed by atoms with Gasteiger partial charge in [0.25, 0.3) is 0 Å². The van der Waals surface area contributed by atoms with Crippen molar-refractivity contribution in [2.24, 2.45) is 13.0 Å². The van der Waals surface area contributed by atoms with E-state index < -0.39 is 11.6 Å². The van der Waals surface area contributed by atoms with E-state index in [1.165, 1.54) is 0 Å². The fraction of sp³-hybridized carbons (Fsp3) is 0.692. The zero-order valence-corrected chi connectivity index (χ0v) is 12.1. The SMILES string of the molecule is Cc1cc(SCC2(O)CCC(C(=O)O)CC2)n(C)n1. The van der Waals surface area contributed by atoms with Gasteiger partial charge in [-0.15, -0.1) is 11.8 Å². The number of carboxylic acid groups (broad SMARTS) is 1. The highest BCUT2D eigenvalue weighted by molar-refractivity contribution is 7.99. The first-order valence-electron chi connectivity index (χ1n) is 6.48. The zero-order chi connectivity index (χ0) is 14.0. The quantitative estimate of drug-likeness (QED) is 0.825. The summed E-state index contributed by atoms with van der Waals surface area (Å²) < 4.78 is 1.81. The summed E-state index contributed by atoms with van der Waals surface area (Å²) in [7, 11) is 1.89. The first kappa shape index (κ1) is 14.4. The summed E-state index contributed by atoms with van der Waals surface area (Å²) >= 11 is 1.59. The van der Waals surface area contributed by atoms with Crippen LogP contribution in [0, 0.1) is 12.8 Å². The third-order valence-corrected chi connectivity index (χ3v) is 5.07. The maximum Gasteiger partial charge on any atom is 0.306 e. The summed E-state index contributed by atoms with van der Waals surface area (Å²) in [5.74, 6) is -0.431. The van der Waals surface area contributed by atoms with Crippen molar-refractivity contribution in [1.82, 2.24) is 9.78 Å². The van der Waals surface area contributed by atoms with Gasteiger partial charge in [-0.05, 0) is 38.7 Å². The summed E-state index contributed by atoms with van der Waals surface area (Å²) in [6.07, 6.45) is 2.26. The van der Waals surface area contributed by atoms with Gasteiger partial charge < -0.3 is 10.2 Å². The van der Waals surface area contributed by atoms with Crippen LogP contribution >= 0.6 is 11.8 Å². The Hall–Kier alpha value is -1.01. The Morgan fingerprint density at radius 1 is 1.58 bits per heavy atom. The first-order chi connectivity index (χ1) is 8.89. The second kappa shape index (κ2) is 5.54. The lowest BCUT2D eigenvalue weighted by molar-refractivity contribution is -0.144. The van der Waals surface area contributed by atoms with E-state index in [1.807, 2.05) is 24.7 Å². The molecule has 0 unspecified atom stereocenters. The molecule has 106 valence electrons. The lowest BCUT2D eigenvalue weighted by atomic mass is 9.80. The number of hydrogen-bond acceptors (Lipinski definition) is 4. The first-order valence-corrected chi connectivity index (χ1v) is 7.47. The van der Waals surface area contributed by atoms with Crippen LogP contribution in [0.15, 0.2) is 11.1 Å². The third kappa shape index (κ3) is 3.51. The van der Waals surface area contributed by atoms with Crippen molar-refractivity contribution in [3.8, 4) is 0 Å². The maximum atomic E-state index is 10.9. The lowest BCUT2D eigenvalue weighted by Crippen LogP contribution is -2.38. The number of rotatable bonds is 4. The molecule has 0 amide bonds. The summed E-state index contributed by atoms with van der Waals surface area (Å²) in [4.78, 5) is 10.9. The van der Waals surface area contributed by atoms with Gasteiger partial charge in [0.15, 0.2) is 0 Å². The highest BCUT2D eigenvalue weighted by Gasteiger charge is 2.35. The molecule has 0 aromatic carbocycles. The fourth-order valence-electron chi connectivity index (χ4n) is 2.48. The van der Waals surface area contributed by atoms with Crippen LogP contribution in [0.2, 0.25) is 0 Å². The zero-order valence-electron chi connectivity index (χ0n) is 11.3. The van der Waals surface area contributed by atoms with Crippen LogP contribution in [0.5, 0.6) is 0 Å². The topological polar surface area (TPSA) is 75.3 Å². The molecule has 0 atom stereocenters. The Labute approximate surface area is 117 Å². The van der Waals surface area contributed by atoms with Gasteiger partial charge in [0.05, 0.1) is 22.2 Å². The van der Waals surface area contributed by atoms with Crippen LogP contribution in [-0.2, 0) is 11.8 Å². The molecule has 0 aliphatic heterocycles. The van der Waals surface area contributed by atoms with Gasteiger partial charge in [-0.3, -0.25) is 9.48 Å². The summed E-state index contributed by atoms with van der Waals surface area (Å²) in [6.45, 7) is 1.94. The van der Waals surface area contributed by atoms with Gasteiger partial charge in [-0.2, -0.15) is 5.10 Å². The minimum atomic E-state index is -0.741. The van der Waals surface area contributed by atoms with E-state index in [9.17, 15) is 9.90 Å². The Balaban J connectivity index is 1.89. The normalized spacial score (nSPS) is 27.4. The molecule has 1 aromatic heterocycles. The second-order valence-corrected chi connectivity index (χ2v) is 6.37. The number of hydrogen-bond donors (Lipinski definition) is 2. The highest BCUT2D eigenvalue weighted by atomic mass is 32.2. The number of aliphatic hydroxyl groups is 1. The van der Waals surface area contributed by atoms with Crippen LogP contribution in [0.1, 0.15) is 31.4 Å². The van der Waals surface area contributed by atoms with Crippen molar-refractivity contribution in [2.45, 2.75) is 43.2 Å². The minimum absolute atomic E-state index is 0.288. The standard InChI is InChI=1S/C13H20N2O3S/c1-9-7-11(15(2)14-9)19-8-13(18)5-3-10(4-6-13)12(16)17/h7,10,18H,3-6,8H2,1-2H3,(H,16,17). The fourth-order valence-corrected chi connectivity index (χ4v) is 3.66. The van der Waals surface area contributed by atoms with Crippen LogP contribution in [0.25, 0.3) is 0 Å². The molecule has 0 radical (unpaired) electrons. The smallest absolute Gasteiger partial charge is 0.306 e. The predicted molar refractivity (Wildman–Crippen MR) is 73.2 cm³/mol. The molecule has 1 heterocycles. The number of carboxylic acids is 1. The molecule has 0 bridgehead atoms. The largest absolute Gasteiger partial charge is 0.481 e. The Kier molecular flexibility index (Phi) is 4.20. The number of aryl methyl sites for hydroxylation is 2. The van der Waals surface area contributed by atoms with Crippen molar-refractivity contribution < 1.29 is 15.0 Å². The van der Waals surface area contributed by atoms with Crippen LogP contribution in [0.4, 0.5) is 0 Å². The van der Waals surface area contributed by atoms with E-state index in [4.69, 9.17) is 5.11 Å².